The average Bonchev–Trinajstić information content (AvgIpc) is 3.16. The summed E-state index contributed by atoms with van der Waals surface area (Å²) in [7, 11) is 0. The van der Waals surface area contributed by atoms with E-state index in [1.807, 2.05) is 36.9 Å². The Labute approximate surface area is 191 Å². The van der Waals surface area contributed by atoms with Crippen molar-refractivity contribution in [2.24, 2.45) is 11.3 Å². The quantitative estimate of drug-likeness (QED) is 0.752. The molecule has 2 heterocycles. The molecule has 0 radical (unpaired) electrons. The number of nitrogens with zero attached hydrogens (tertiary/aromatic N) is 3. The third-order valence-corrected chi connectivity index (χ3v) is 7.00. The monoisotopic (exact) mass is 457 g/mol. The van der Waals surface area contributed by atoms with Gasteiger partial charge in [0, 0.05) is 48.8 Å². The van der Waals surface area contributed by atoms with Crippen LogP contribution in [-0.2, 0) is 6.18 Å². The van der Waals surface area contributed by atoms with Gasteiger partial charge < -0.3 is 14.9 Å². The van der Waals surface area contributed by atoms with E-state index in [0.29, 0.717) is 43.9 Å². The number of likely N-dealkylation sites (tertiary alicyclic amines) is 1. The van der Waals surface area contributed by atoms with Crippen molar-refractivity contribution in [2.45, 2.75) is 26.4 Å². The Hall–Kier alpha value is -3.05. The lowest BCUT2D eigenvalue weighted by molar-refractivity contribution is -0.137. The van der Waals surface area contributed by atoms with E-state index in [2.05, 4.69) is 0 Å². The van der Waals surface area contributed by atoms with Gasteiger partial charge in [-0.05, 0) is 50.6 Å². The number of amides is 1. The molecule has 174 valence electrons. The highest BCUT2D eigenvalue weighted by atomic mass is 19.4. The summed E-state index contributed by atoms with van der Waals surface area (Å²) in [5, 5.41) is 19.3. The molecule has 2 fully saturated rings. The van der Waals surface area contributed by atoms with Crippen LogP contribution in [0.15, 0.2) is 36.4 Å². The van der Waals surface area contributed by atoms with Crippen LogP contribution in [0.4, 0.5) is 18.9 Å². The minimum absolute atomic E-state index is 0.0731. The van der Waals surface area contributed by atoms with E-state index in [9.17, 15) is 23.1 Å². The van der Waals surface area contributed by atoms with E-state index < -0.39 is 22.7 Å². The van der Waals surface area contributed by atoms with Gasteiger partial charge in [0.25, 0.3) is 5.91 Å². The second-order valence-corrected chi connectivity index (χ2v) is 9.31. The highest BCUT2D eigenvalue weighted by molar-refractivity contribution is 5.95. The van der Waals surface area contributed by atoms with E-state index in [0.717, 1.165) is 17.2 Å². The van der Waals surface area contributed by atoms with Crippen LogP contribution in [-0.4, -0.2) is 48.7 Å². The van der Waals surface area contributed by atoms with Gasteiger partial charge >= 0.3 is 6.18 Å². The number of alkyl halides is 3. The third kappa shape index (κ3) is 4.30. The van der Waals surface area contributed by atoms with Gasteiger partial charge in [-0.15, -0.1) is 0 Å². The number of anilines is 1. The van der Waals surface area contributed by atoms with E-state index >= 15 is 0 Å². The van der Waals surface area contributed by atoms with Gasteiger partial charge in [-0.3, -0.25) is 4.79 Å². The predicted octanol–water partition coefficient (Wildman–Crippen LogP) is 4.15. The second kappa shape index (κ2) is 8.38. The van der Waals surface area contributed by atoms with Crippen LogP contribution < -0.4 is 4.90 Å². The zero-order valence-electron chi connectivity index (χ0n) is 18.6. The standard InChI is InChI=1S/C25H26F3N3O2/c1-16-7-17(2)9-19(8-16)23(33)31-13-20-12-30(6-5-24(20,14-31)15-32)21-4-3-18(11-29)22(10-21)25(26,27)28/h3-4,7-10,20,32H,5-6,12-15H2,1-2H3/t20-,24+/m1/s1. The molecule has 5 nitrogen and oxygen atoms in total. The molecule has 2 aromatic rings. The number of carbonyl (C=O) groups is 1. The van der Waals surface area contributed by atoms with E-state index in [4.69, 9.17) is 5.26 Å². The molecule has 2 aliphatic rings. The van der Waals surface area contributed by atoms with Gasteiger partial charge in [-0.25, -0.2) is 0 Å². The molecule has 1 N–H and O–H groups in total. The Bertz CT molecular complexity index is 1100. The summed E-state index contributed by atoms with van der Waals surface area (Å²) in [6.45, 7) is 5.55. The van der Waals surface area contributed by atoms with Gasteiger partial charge in [-0.1, -0.05) is 17.2 Å². The van der Waals surface area contributed by atoms with Gasteiger partial charge in [0.05, 0.1) is 23.8 Å². The fourth-order valence-corrected chi connectivity index (χ4v) is 5.27. The first-order chi connectivity index (χ1) is 15.6. The molecule has 33 heavy (non-hydrogen) atoms. The number of aryl methyl sites for hydroxylation is 2. The van der Waals surface area contributed by atoms with Crippen LogP contribution in [0.2, 0.25) is 0 Å². The molecule has 0 saturated carbocycles. The first-order valence-electron chi connectivity index (χ1n) is 10.9. The number of hydrogen-bond donors (Lipinski definition) is 1. The lowest BCUT2D eigenvalue weighted by atomic mass is 9.73. The maximum atomic E-state index is 13.4. The minimum atomic E-state index is -4.62. The van der Waals surface area contributed by atoms with Crippen molar-refractivity contribution in [1.29, 1.82) is 5.26 Å². The highest BCUT2D eigenvalue weighted by Gasteiger charge is 2.50. The molecule has 0 aromatic heterocycles. The first-order valence-corrected chi connectivity index (χ1v) is 10.9. The van der Waals surface area contributed by atoms with E-state index in [1.54, 1.807) is 11.0 Å². The summed E-state index contributed by atoms with van der Waals surface area (Å²) in [4.78, 5) is 16.8. The van der Waals surface area contributed by atoms with E-state index in [-0.39, 0.29) is 18.4 Å². The lowest BCUT2D eigenvalue weighted by Crippen LogP contribution is -2.49. The number of fused-ring (bicyclic) bond motifs is 1. The number of aliphatic hydroxyl groups excluding tert-OH is 1. The van der Waals surface area contributed by atoms with Crippen LogP contribution in [0.5, 0.6) is 0 Å². The molecule has 8 heteroatoms. The number of halogens is 3. The molecule has 0 bridgehead atoms. The fourth-order valence-electron chi connectivity index (χ4n) is 5.27. The van der Waals surface area contributed by atoms with Crippen LogP contribution in [0.25, 0.3) is 0 Å². The van der Waals surface area contributed by atoms with Crippen molar-refractivity contribution in [3.8, 4) is 6.07 Å². The molecule has 0 spiro atoms. The first kappa shape index (κ1) is 23.1. The smallest absolute Gasteiger partial charge is 0.396 e. The Kier molecular flexibility index (Phi) is 5.87. The number of nitriles is 1. The van der Waals surface area contributed by atoms with Gasteiger partial charge in [0.1, 0.15) is 0 Å². The molecule has 0 aliphatic carbocycles. The van der Waals surface area contributed by atoms with Gasteiger partial charge in [0.2, 0.25) is 0 Å². The second-order valence-electron chi connectivity index (χ2n) is 9.31. The van der Waals surface area contributed by atoms with Crippen molar-refractivity contribution >= 4 is 11.6 Å². The van der Waals surface area contributed by atoms with Crippen LogP contribution in [0, 0.1) is 36.5 Å². The molecule has 2 aliphatic heterocycles. The summed E-state index contributed by atoms with van der Waals surface area (Å²) >= 11 is 0. The Morgan fingerprint density at radius 1 is 1.18 bits per heavy atom. The molecule has 4 rings (SSSR count). The largest absolute Gasteiger partial charge is 0.417 e. The minimum Gasteiger partial charge on any atom is -0.396 e. The summed E-state index contributed by atoms with van der Waals surface area (Å²) in [6.07, 6.45) is -4.06. The molecule has 2 aromatic carbocycles. The molecule has 2 saturated heterocycles. The van der Waals surface area contributed by atoms with Crippen molar-refractivity contribution < 1.29 is 23.1 Å². The highest BCUT2D eigenvalue weighted by Crippen LogP contribution is 2.44. The van der Waals surface area contributed by atoms with Gasteiger partial charge in [-0.2, -0.15) is 18.4 Å². The Balaban J connectivity index is 1.57. The topological polar surface area (TPSA) is 67.6 Å². The number of rotatable bonds is 3. The number of hydrogen-bond acceptors (Lipinski definition) is 4. The number of carbonyl (C=O) groups excluding carboxylic acids is 1. The summed E-state index contributed by atoms with van der Waals surface area (Å²) < 4.78 is 40.3. The third-order valence-electron chi connectivity index (χ3n) is 7.00. The number of benzene rings is 2. The summed E-state index contributed by atoms with van der Waals surface area (Å²) in [5.74, 6) is -0.163. The summed E-state index contributed by atoms with van der Waals surface area (Å²) in [6, 6.07) is 11.1. The maximum absolute atomic E-state index is 13.4. The van der Waals surface area contributed by atoms with E-state index in [1.165, 1.54) is 12.1 Å². The normalized spacial score (nSPS) is 22.8. The number of piperidine rings is 1. The lowest BCUT2D eigenvalue weighted by Gasteiger charge is -2.43. The molecule has 2 atom stereocenters. The molecular weight excluding hydrogens is 431 g/mol. The van der Waals surface area contributed by atoms with Crippen LogP contribution >= 0.6 is 0 Å². The van der Waals surface area contributed by atoms with Crippen molar-refractivity contribution in [2.75, 3.05) is 37.7 Å². The summed E-state index contributed by atoms with van der Waals surface area (Å²) in [5.41, 5.74) is 1.19. The van der Waals surface area contributed by atoms with Crippen molar-refractivity contribution in [3.63, 3.8) is 0 Å². The molecular formula is C25H26F3N3O2. The van der Waals surface area contributed by atoms with Crippen molar-refractivity contribution in [3.05, 3.63) is 64.2 Å². The Morgan fingerprint density at radius 3 is 2.48 bits per heavy atom. The van der Waals surface area contributed by atoms with Crippen molar-refractivity contribution in [1.82, 2.24) is 4.90 Å². The molecule has 1 amide bonds. The fraction of sp³-hybridized carbons (Fsp3) is 0.440. The van der Waals surface area contributed by atoms with Crippen LogP contribution in [0.1, 0.15) is 39.0 Å². The van der Waals surface area contributed by atoms with Gasteiger partial charge in [0.15, 0.2) is 0 Å². The zero-order valence-corrected chi connectivity index (χ0v) is 18.6. The predicted molar refractivity (Wildman–Crippen MR) is 118 cm³/mol. The SMILES string of the molecule is Cc1cc(C)cc(C(=O)N2C[C@H]3CN(c4ccc(C#N)c(C(F)(F)F)c4)CC[C@@]3(CO)C2)c1. The number of aliphatic hydroxyl groups is 1. The van der Waals surface area contributed by atoms with Crippen LogP contribution in [0.3, 0.4) is 0 Å². The maximum Gasteiger partial charge on any atom is 0.417 e. The zero-order chi connectivity index (χ0) is 24.0. The average molecular weight is 457 g/mol. The molecule has 0 unspecified atom stereocenters. The Morgan fingerprint density at radius 2 is 1.88 bits per heavy atom.